The molecule has 0 aromatic heterocycles. The SMILES string of the molecule is CC12CC3CC4CC(C1)C43C2. The third kappa shape index (κ3) is 0.363. The number of rotatable bonds is 0. The van der Waals surface area contributed by atoms with Crippen molar-refractivity contribution in [2.75, 3.05) is 0 Å². The van der Waals surface area contributed by atoms with E-state index in [1.165, 1.54) is 17.8 Å². The first kappa shape index (κ1) is 5.61. The molecule has 4 aliphatic rings. The first-order chi connectivity index (χ1) is 5.23. The second-order valence-electron chi connectivity index (χ2n) is 6.07. The van der Waals surface area contributed by atoms with Crippen LogP contribution in [0.15, 0.2) is 0 Å². The van der Waals surface area contributed by atoms with E-state index in [1.54, 1.807) is 32.1 Å². The molecule has 4 aliphatic carbocycles. The highest BCUT2D eigenvalue weighted by Crippen LogP contribution is 2.84. The Morgan fingerprint density at radius 1 is 1.00 bits per heavy atom. The van der Waals surface area contributed by atoms with Gasteiger partial charge in [0.1, 0.15) is 0 Å². The molecule has 4 fully saturated rings. The van der Waals surface area contributed by atoms with Crippen LogP contribution in [-0.4, -0.2) is 0 Å². The lowest BCUT2D eigenvalue weighted by atomic mass is 9.38. The molecule has 2 atom stereocenters. The van der Waals surface area contributed by atoms with E-state index in [0.29, 0.717) is 0 Å². The van der Waals surface area contributed by atoms with E-state index in [9.17, 15) is 0 Å². The van der Waals surface area contributed by atoms with E-state index in [4.69, 9.17) is 0 Å². The smallest absolute Gasteiger partial charge is 0.0207 e. The van der Waals surface area contributed by atoms with Crippen molar-refractivity contribution in [2.24, 2.45) is 28.6 Å². The Kier molecular flexibility index (Phi) is 0.611. The first-order valence-corrected chi connectivity index (χ1v) is 5.23. The van der Waals surface area contributed by atoms with Crippen LogP contribution in [0, 0.1) is 28.6 Å². The topological polar surface area (TPSA) is 0 Å². The summed E-state index contributed by atoms with van der Waals surface area (Å²) in [5.74, 6) is 3.61. The Bertz CT molecular complexity index is 224. The van der Waals surface area contributed by atoms with Gasteiger partial charge in [0.15, 0.2) is 0 Å². The summed E-state index contributed by atoms with van der Waals surface area (Å²) in [6.45, 7) is 2.55. The van der Waals surface area contributed by atoms with Gasteiger partial charge >= 0.3 is 0 Å². The fraction of sp³-hybridized carbons (Fsp3) is 1.00. The van der Waals surface area contributed by atoms with Crippen molar-refractivity contribution >= 4 is 0 Å². The summed E-state index contributed by atoms with van der Waals surface area (Å²) in [7, 11) is 0. The third-order valence-electron chi connectivity index (χ3n) is 5.63. The Morgan fingerprint density at radius 2 is 1.64 bits per heavy atom. The zero-order valence-electron chi connectivity index (χ0n) is 7.27. The lowest BCUT2D eigenvalue weighted by molar-refractivity contribution is -0.176. The van der Waals surface area contributed by atoms with Crippen molar-refractivity contribution in [3.63, 3.8) is 0 Å². The molecule has 0 amide bonds. The summed E-state index contributed by atoms with van der Waals surface area (Å²) in [6, 6.07) is 0. The molecular weight excluding hydrogens is 132 g/mol. The van der Waals surface area contributed by atoms with E-state index >= 15 is 0 Å². The van der Waals surface area contributed by atoms with Gasteiger partial charge in [-0.05, 0) is 60.7 Å². The Hall–Kier alpha value is 0. The van der Waals surface area contributed by atoms with Crippen molar-refractivity contribution < 1.29 is 0 Å². The second kappa shape index (κ2) is 1.20. The summed E-state index contributed by atoms with van der Waals surface area (Å²) in [5.41, 5.74) is 1.79. The molecule has 0 heterocycles. The van der Waals surface area contributed by atoms with Crippen LogP contribution in [0.5, 0.6) is 0 Å². The summed E-state index contributed by atoms with van der Waals surface area (Å²) in [6.07, 6.45) is 8.05. The summed E-state index contributed by atoms with van der Waals surface area (Å²) in [5, 5.41) is 0. The summed E-state index contributed by atoms with van der Waals surface area (Å²) >= 11 is 0. The standard InChI is InChI=1S/C11H16/c1-10-4-8-2-7-3-9(5-10)11(7,8)6-10/h7-9H,2-6H2,1H3. The number of fused-ring (bicyclic) bond motifs is 1. The van der Waals surface area contributed by atoms with Gasteiger partial charge in [-0.15, -0.1) is 0 Å². The molecule has 4 saturated carbocycles. The normalized spacial score (nSPS) is 75.5. The zero-order valence-corrected chi connectivity index (χ0v) is 7.27. The summed E-state index contributed by atoms with van der Waals surface area (Å²) in [4.78, 5) is 0. The predicted octanol–water partition coefficient (Wildman–Crippen LogP) is 2.83. The molecule has 0 heteroatoms. The quantitative estimate of drug-likeness (QED) is 0.495. The van der Waals surface area contributed by atoms with Crippen LogP contribution >= 0.6 is 0 Å². The molecule has 0 radical (unpaired) electrons. The van der Waals surface area contributed by atoms with Crippen molar-refractivity contribution in [1.82, 2.24) is 0 Å². The molecule has 0 N–H and O–H groups in total. The van der Waals surface area contributed by atoms with Crippen LogP contribution in [-0.2, 0) is 0 Å². The van der Waals surface area contributed by atoms with Crippen LogP contribution < -0.4 is 0 Å². The molecule has 11 heavy (non-hydrogen) atoms. The molecule has 60 valence electrons. The molecule has 2 bridgehead atoms. The number of hydrogen-bond acceptors (Lipinski definition) is 0. The van der Waals surface area contributed by atoms with Gasteiger partial charge < -0.3 is 0 Å². The average molecular weight is 148 g/mol. The van der Waals surface area contributed by atoms with Gasteiger partial charge in [-0.3, -0.25) is 0 Å². The maximum Gasteiger partial charge on any atom is -0.0207 e. The van der Waals surface area contributed by atoms with Crippen LogP contribution in [0.4, 0.5) is 0 Å². The predicted molar refractivity (Wildman–Crippen MR) is 44.1 cm³/mol. The molecule has 4 rings (SSSR count). The van der Waals surface area contributed by atoms with Crippen LogP contribution in [0.3, 0.4) is 0 Å². The van der Waals surface area contributed by atoms with Crippen LogP contribution in [0.25, 0.3) is 0 Å². The van der Waals surface area contributed by atoms with Crippen molar-refractivity contribution in [3.05, 3.63) is 0 Å². The maximum absolute atomic E-state index is 2.55. The van der Waals surface area contributed by atoms with Gasteiger partial charge in [0, 0.05) is 0 Å². The molecular formula is C11H16. The number of hydrogen-bond donors (Lipinski definition) is 0. The van der Waals surface area contributed by atoms with Gasteiger partial charge in [0.25, 0.3) is 0 Å². The summed E-state index contributed by atoms with van der Waals surface area (Å²) < 4.78 is 0. The third-order valence-corrected chi connectivity index (χ3v) is 5.63. The van der Waals surface area contributed by atoms with Gasteiger partial charge in [0.2, 0.25) is 0 Å². The highest BCUT2D eigenvalue weighted by Gasteiger charge is 2.76. The second-order valence-corrected chi connectivity index (χ2v) is 6.07. The van der Waals surface area contributed by atoms with Gasteiger partial charge in [0.05, 0.1) is 0 Å². The minimum absolute atomic E-state index is 0.820. The van der Waals surface area contributed by atoms with E-state index in [-0.39, 0.29) is 0 Å². The van der Waals surface area contributed by atoms with Gasteiger partial charge in [-0.2, -0.15) is 0 Å². The maximum atomic E-state index is 2.55. The Labute approximate surface area is 68.4 Å². The molecule has 0 nitrogen and oxygen atoms in total. The van der Waals surface area contributed by atoms with Gasteiger partial charge in [-0.25, -0.2) is 0 Å². The van der Waals surface area contributed by atoms with E-state index in [1.807, 2.05) is 0 Å². The Morgan fingerprint density at radius 3 is 2.00 bits per heavy atom. The lowest BCUT2D eigenvalue weighted by Crippen LogP contribution is -2.59. The molecule has 0 aromatic carbocycles. The van der Waals surface area contributed by atoms with Crippen molar-refractivity contribution in [1.29, 1.82) is 0 Å². The molecule has 2 unspecified atom stereocenters. The van der Waals surface area contributed by atoms with Crippen molar-refractivity contribution in [3.8, 4) is 0 Å². The lowest BCUT2D eigenvalue weighted by Gasteiger charge is -2.66. The monoisotopic (exact) mass is 148 g/mol. The highest BCUT2D eigenvalue weighted by molar-refractivity contribution is 5.25. The van der Waals surface area contributed by atoms with Gasteiger partial charge in [-0.1, -0.05) is 6.92 Å². The van der Waals surface area contributed by atoms with E-state index < -0.39 is 0 Å². The van der Waals surface area contributed by atoms with Crippen LogP contribution in [0.2, 0.25) is 0 Å². The Balaban J connectivity index is 1.90. The molecule has 0 saturated heterocycles. The van der Waals surface area contributed by atoms with Crippen molar-refractivity contribution in [2.45, 2.75) is 39.0 Å². The zero-order chi connectivity index (χ0) is 7.27. The molecule has 1 spiro atoms. The first-order valence-electron chi connectivity index (χ1n) is 5.23. The minimum atomic E-state index is 0.820. The highest BCUT2D eigenvalue weighted by atomic mass is 14.8. The van der Waals surface area contributed by atoms with E-state index in [0.717, 1.165) is 10.8 Å². The fourth-order valence-electron chi connectivity index (χ4n) is 5.48. The largest absolute Gasteiger partial charge is 0.0596 e. The van der Waals surface area contributed by atoms with E-state index in [2.05, 4.69) is 6.92 Å². The fourth-order valence-corrected chi connectivity index (χ4v) is 5.48. The minimum Gasteiger partial charge on any atom is -0.0596 e. The molecule has 0 aromatic rings. The van der Waals surface area contributed by atoms with Crippen LogP contribution in [0.1, 0.15) is 39.0 Å². The molecule has 0 aliphatic heterocycles. The average Bonchev–Trinajstić information content (AvgIpc) is 2.32.